The van der Waals surface area contributed by atoms with Crippen LogP contribution in [0.25, 0.3) is 0 Å². The first-order valence-corrected chi connectivity index (χ1v) is 6.14. The smallest absolute Gasteiger partial charge is 0.241 e. The number of halogens is 1. The predicted octanol–water partition coefficient (Wildman–Crippen LogP) is 1.98. The molecule has 0 saturated carbocycles. The minimum atomic E-state index is -0.0130. The van der Waals surface area contributed by atoms with Crippen LogP contribution < -0.4 is 10.6 Å². The fourth-order valence-corrected chi connectivity index (χ4v) is 2.21. The zero-order valence-corrected chi connectivity index (χ0v) is 10.5. The van der Waals surface area contributed by atoms with Crippen LogP contribution in [0.2, 0.25) is 0 Å². The van der Waals surface area contributed by atoms with Gasteiger partial charge in [-0.05, 0) is 54.1 Å². The van der Waals surface area contributed by atoms with E-state index < -0.39 is 0 Å². The highest BCUT2D eigenvalue weighted by atomic mass is 127. The third-order valence-corrected chi connectivity index (χ3v) is 3.45. The molecule has 15 heavy (non-hydrogen) atoms. The van der Waals surface area contributed by atoms with Gasteiger partial charge < -0.3 is 10.6 Å². The Kier molecular flexibility index (Phi) is 3.58. The van der Waals surface area contributed by atoms with E-state index in [2.05, 4.69) is 33.2 Å². The van der Waals surface area contributed by atoms with Crippen LogP contribution in [0.1, 0.15) is 12.8 Å². The standard InChI is InChI=1S/C11H13IN2O/c12-8-4-1-2-5-9(8)14-11(15)10-6-3-7-13-10/h1-2,4-5,10,13H,3,6-7H2,(H,14,15)/t10-/m1/s1. The van der Waals surface area contributed by atoms with Gasteiger partial charge in [0.2, 0.25) is 5.91 Å². The van der Waals surface area contributed by atoms with Crippen molar-refractivity contribution in [3.8, 4) is 0 Å². The highest BCUT2D eigenvalue weighted by Gasteiger charge is 2.22. The fourth-order valence-electron chi connectivity index (χ4n) is 1.69. The molecule has 3 nitrogen and oxygen atoms in total. The van der Waals surface area contributed by atoms with Crippen molar-refractivity contribution < 1.29 is 4.79 Å². The average molecular weight is 316 g/mol. The predicted molar refractivity (Wildman–Crippen MR) is 68.8 cm³/mol. The summed E-state index contributed by atoms with van der Waals surface area (Å²) in [6.07, 6.45) is 2.03. The topological polar surface area (TPSA) is 41.1 Å². The Hall–Kier alpha value is -0.620. The largest absolute Gasteiger partial charge is 0.324 e. The van der Waals surface area contributed by atoms with Gasteiger partial charge in [-0.15, -0.1) is 0 Å². The molecular formula is C11H13IN2O. The molecule has 0 unspecified atom stereocenters. The van der Waals surface area contributed by atoms with Gasteiger partial charge in [0, 0.05) is 3.57 Å². The first kappa shape index (κ1) is 10.9. The molecule has 0 aliphatic carbocycles. The Morgan fingerprint density at radius 2 is 2.27 bits per heavy atom. The fraction of sp³-hybridized carbons (Fsp3) is 0.364. The minimum Gasteiger partial charge on any atom is -0.324 e. The van der Waals surface area contributed by atoms with Crippen LogP contribution in [-0.4, -0.2) is 18.5 Å². The van der Waals surface area contributed by atoms with Crippen molar-refractivity contribution in [2.24, 2.45) is 0 Å². The van der Waals surface area contributed by atoms with Crippen LogP contribution in [0.4, 0.5) is 5.69 Å². The number of benzene rings is 1. The van der Waals surface area contributed by atoms with E-state index in [0.29, 0.717) is 0 Å². The van der Waals surface area contributed by atoms with Gasteiger partial charge in [0.15, 0.2) is 0 Å². The van der Waals surface area contributed by atoms with E-state index in [1.807, 2.05) is 24.3 Å². The number of para-hydroxylation sites is 1. The molecule has 1 heterocycles. The molecule has 1 aromatic carbocycles. The van der Waals surface area contributed by atoms with Gasteiger partial charge in [-0.2, -0.15) is 0 Å². The Labute approximate surface area is 103 Å². The SMILES string of the molecule is O=C(Nc1ccccc1I)[C@H]1CCCN1. The molecule has 1 aliphatic heterocycles. The summed E-state index contributed by atoms with van der Waals surface area (Å²) in [5.41, 5.74) is 0.900. The van der Waals surface area contributed by atoms with Gasteiger partial charge in [0.25, 0.3) is 0 Å². The molecule has 2 N–H and O–H groups in total. The van der Waals surface area contributed by atoms with Crippen LogP contribution in [0.15, 0.2) is 24.3 Å². The molecule has 0 spiro atoms. The number of hydrogen-bond acceptors (Lipinski definition) is 2. The Balaban J connectivity index is 2.02. The highest BCUT2D eigenvalue weighted by molar-refractivity contribution is 14.1. The van der Waals surface area contributed by atoms with E-state index in [1.54, 1.807) is 0 Å². The maximum absolute atomic E-state index is 11.8. The Morgan fingerprint density at radius 3 is 2.93 bits per heavy atom. The van der Waals surface area contributed by atoms with Gasteiger partial charge in [0.05, 0.1) is 11.7 Å². The summed E-state index contributed by atoms with van der Waals surface area (Å²) in [6.45, 7) is 0.948. The van der Waals surface area contributed by atoms with Crippen LogP contribution in [0, 0.1) is 3.57 Å². The molecular weight excluding hydrogens is 303 g/mol. The molecule has 80 valence electrons. The zero-order valence-electron chi connectivity index (χ0n) is 8.29. The average Bonchev–Trinajstić information content (AvgIpc) is 2.74. The molecule has 1 atom stereocenters. The summed E-state index contributed by atoms with van der Waals surface area (Å²) >= 11 is 2.22. The van der Waals surface area contributed by atoms with E-state index in [-0.39, 0.29) is 11.9 Å². The summed E-state index contributed by atoms with van der Waals surface area (Å²) in [6, 6.07) is 7.79. The number of amides is 1. The zero-order chi connectivity index (χ0) is 10.7. The van der Waals surface area contributed by atoms with Crippen LogP contribution >= 0.6 is 22.6 Å². The lowest BCUT2D eigenvalue weighted by atomic mass is 10.2. The van der Waals surface area contributed by atoms with E-state index in [1.165, 1.54) is 0 Å². The molecule has 0 radical (unpaired) electrons. The van der Waals surface area contributed by atoms with Crippen molar-refractivity contribution in [1.82, 2.24) is 5.32 Å². The lowest BCUT2D eigenvalue weighted by molar-refractivity contribution is -0.117. The number of hydrogen-bond donors (Lipinski definition) is 2. The maximum Gasteiger partial charge on any atom is 0.241 e. The van der Waals surface area contributed by atoms with E-state index in [9.17, 15) is 4.79 Å². The second-order valence-corrected chi connectivity index (χ2v) is 4.78. The summed E-state index contributed by atoms with van der Waals surface area (Å²) < 4.78 is 1.07. The molecule has 2 rings (SSSR count). The van der Waals surface area contributed by atoms with Crippen molar-refractivity contribution in [3.05, 3.63) is 27.8 Å². The lowest BCUT2D eigenvalue weighted by Gasteiger charge is -2.11. The molecule has 1 aromatic rings. The van der Waals surface area contributed by atoms with Gasteiger partial charge in [-0.1, -0.05) is 12.1 Å². The van der Waals surface area contributed by atoms with E-state index in [4.69, 9.17) is 0 Å². The Morgan fingerprint density at radius 1 is 1.47 bits per heavy atom. The van der Waals surface area contributed by atoms with Gasteiger partial charge in [-0.25, -0.2) is 0 Å². The van der Waals surface area contributed by atoms with Crippen molar-refractivity contribution >= 4 is 34.2 Å². The lowest BCUT2D eigenvalue weighted by Crippen LogP contribution is -2.35. The Bertz CT molecular complexity index is 361. The molecule has 1 saturated heterocycles. The van der Waals surface area contributed by atoms with Crippen LogP contribution in [0.5, 0.6) is 0 Å². The summed E-state index contributed by atoms with van der Waals surface area (Å²) in [4.78, 5) is 11.8. The molecule has 1 fully saturated rings. The first-order valence-electron chi connectivity index (χ1n) is 5.06. The molecule has 1 aliphatic rings. The van der Waals surface area contributed by atoms with Crippen molar-refractivity contribution in [1.29, 1.82) is 0 Å². The van der Waals surface area contributed by atoms with Gasteiger partial charge >= 0.3 is 0 Å². The van der Waals surface area contributed by atoms with Crippen molar-refractivity contribution in [2.75, 3.05) is 11.9 Å². The van der Waals surface area contributed by atoms with E-state index >= 15 is 0 Å². The monoisotopic (exact) mass is 316 g/mol. The third kappa shape index (κ3) is 2.69. The first-order chi connectivity index (χ1) is 7.27. The summed E-state index contributed by atoms with van der Waals surface area (Å²) in [5, 5.41) is 6.12. The quantitative estimate of drug-likeness (QED) is 0.819. The molecule has 4 heteroatoms. The molecule has 1 amide bonds. The summed E-state index contributed by atoms with van der Waals surface area (Å²) in [5.74, 6) is 0.0802. The number of carbonyl (C=O) groups excluding carboxylic acids is 1. The minimum absolute atomic E-state index is 0.0130. The summed E-state index contributed by atoms with van der Waals surface area (Å²) in [7, 11) is 0. The van der Waals surface area contributed by atoms with Gasteiger partial charge in [0.1, 0.15) is 0 Å². The molecule has 0 aromatic heterocycles. The highest BCUT2D eigenvalue weighted by Crippen LogP contribution is 2.18. The van der Waals surface area contributed by atoms with Crippen molar-refractivity contribution in [3.63, 3.8) is 0 Å². The van der Waals surface area contributed by atoms with Crippen LogP contribution in [0.3, 0.4) is 0 Å². The third-order valence-electron chi connectivity index (χ3n) is 2.51. The number of anilines is 1. The maximum atomic E-state index is 11.8. The van der Waals surface area contributed by atoms with Crippen molar-refractivity contribution in [2.45, 2.75) is 18.9 Å². The number of rotatable bonds is 2. The number of carbonyl (C=O) groups is 1. The normalized spacial score (nSPS) is 20.2. The second-order valence-electron chi connectivity index (χ2n) is 3.62. The van der Waals surface area contributed by atoms with Gasteiger partial charge in [-0.3, -0.25) is 4.79 Å². The van der Waals surface area contributed by atoms with Crippen LogP contribution in [-0.2, 0) is 4.79 Å². The number of nitrogens with one attached hydrogen (secondary N) is 2. The second kappa shape index (κ2) is 4.94. The van der Waals surface area contributed by atoms with E-state index in [0.717, 1.165) is 28.6 Å². The molecule has 0 bridgehead atoms.